The van der Waals surface area contributed by atoms with E-state index < -0.39 is 101 Å². The first-order valence-corrected chi connectivity index (χ1v) is 19.6. The summed E-state index contributed by atoms with van der Waals surface area (Å²) in [5.41, 5.74) is 0. The zero-order chi connectivity index (χ0) is 35.6. The molecule has 0 amide bonds. The molecule has 0 heterocycles. The summed E-state index contributed by atoms with van der Waals surface area (Å²) in [6.07, 6.45) is -15.9. The molecule has 0 aromatic rings. The van der Waals surface area contributed by atoms with Crippen LogP contribution in [0.3, 0.4) is 0 Å². The summed E-state index contributed by atoms with van der Waals surface area (Å²) in [4.78, 5) is 43.2. The van der Waals surface area contributed by atoms with Crippen LogP contribution in [0.5, 0.6) is 0 Å². The second-order valence-corrected chi connectivity index (χ2v) is 22.2. The quantitative estimate of drug-likeness (QED) is 0.0856. The SMILES string of the molecule is O=C(O[C@@H]1[C@@H](O)[C@@H](O)[C@@H](OP(=O)(O)OCC(Cl)(Cl)Cl)[C@H](OP(=O)(O)OCC(Cl)(Cl)Cl)[C@H]1OP(=O)(O)OCC(Cl)(Cl)Cl)C(Cl)(Cl)Cl. The highest BCUT2D eigenvalue weighted by atomic mass is 35.6. The van der Waals surface area contributed by atoms with Gasteiger partial charge in [0.2, 0.25) is 11.4 Å². The van der Waals surface area contributed by atoms with Crippen molar-refractivity contribution in [2.75, 3.05) is 19.8 Å². The molecule has 1 rings (SSSR count). The largest absolute Gasteiger partial charge is 0.472 e. The van der Waals surface area contributed by atoms with Gasteiger partial charge in [-0.1, -0.05) is 139 Å². The number of alkyl halides is 12. The van der Waals surface area contributed by atoms with Crippen molar-refractivity contribution in [1.82, 2.24) is 0 Å². The fourth-order valence-corrected chi connectivity index (χ4v) is 7.07. The number of aliphatic hydroxyl groups is 2. The number of halogens is 12. The van der Waals surface area contributed by atoms with Crippen LogP contribution in [0.1, 0.15) is 0 Å². The lowest BCUT2D eigenvalue weighted by Gasteiger charge is -2.46. The van der Waals surface area contributed by atoms with Crippen LogP contribution in [0.4, 0.5) is 0 Å². The van der Waals surface area contributed by atoms with E-state index in [1.807, 2.05) is 0 Å². The van der Waals surface area contributed by atoms with Gasteiger partial charge < -0.3 is 29.6 Å². The number of phosphoric ester groups is 3. The summed E-state index contributed by atoms with van der Waals surface area (Å²) in [6, 6.07) is 0. The Morgan fingerprint density at radius 1 is 0.533 bits per heavy atom. The van der Waals surface area contributed by atoms with Crippen LogP contribution in [0.25, 0.3) is 0 Å². The standard InChI is InChI=1S/C14H17Cl12O16P3/c15-11(16,17)1-36-43(30,31)40-7-5(28)4(27)6(39-10(29)14(24,25)26)8(41-44(32,33)37-2-12(18,19)20)9(7)42-45(34,35)38-3-13(21,22)23/h4-9,27-28H,1-3H2,(H,30,31)(H,32,33)(H,34,35)/t4-,5+,6+,7+,8-,9-/m0/s1. The normalized spacial score (nSPS) is 29.4. The summed E-state index contributed by atoms with van der Waals surface area (Å²) in [5.74, 6) is -1.84. The highest BCUT2D eigenvalue weighted by Gasteiger charge is 2.60. The predicted molar refractivity (Wildman–Crippen MR) is 165 cm³/mol. The molecule has 45 heavy (non-hydrogen) atoms. The lowest BCUT2D eigenvalue weighted by atomic mass is 9.85. The number of hydrogen-bond acceptors (Lipinski definition) is 13. The Bertz CT molecular complexity index is 1160. The first kappa shape index (κ1) is 46.2. The third kappa shape index (κ3) is 18.0. The first-order valence-electron chi connectivity index (χ1n) is 10.6. The Morgan fingerprint density at radius 2 is 0.800 bits per heavy atom. The van der Waals surface area contributed by atoms with E-state index in [0.717, 1.165) is 0 Å². The van der Waals surface area contributed by atoms with Crippen LogP contribution in [0, 0.1) is 0 Å². The molecular formula is C14H17Cl12O16P3. The highest BCUT2D eigenvalue weighted by molar-refractivity contribution is 7.48. The van der Waals surface area contributed by atoms with Gasteiger partial charge >= 0.3 is 29.4 Å². The van der Waals surface area contributed by atoms with Crippen LogP contribution < -0.4 is 0 Å². The van der Waals surface area contributed by atoms with Gasteiger partial charge in [0.05, 0.1) is 0 Å². The zero-order valence-electron chi connectivity index (χ0n) is 20.7. The number of aliphatic hydroxyl groups excluding tert-OH is 2. The van der Waals surface area contributed by atoms with Gasteiger partial charge in [0, 0.05) is 0 Å². The number of ether oxygens (including phenoxy) is 1. The molecule has 1 aliphatic rings. The van der Waals surface area contributed by atoms with Gasteiger partial charge in [-0.25, -0.2) is 18.5 Å². The minimum atomic E-state index is -5.66. The molecule has 31 heteroatoms. The maximum atomic E-state index is 12.8. The molecule has 0 bridgehead atoms. The molecule has 0 aliphatic heterocycles. The van der Waals surface area contributed by atoms with Crippen molar-refractivity contribution in [2.24, 2.45) is 0 Å². The molecule has 16 nitrogen and oxygen atoms in total. The minimum absolute atomic E-state index is 1.16. The van der Waals surface area contributed by atoms with Crippen LogP contribution >= 0.6 is 163 Å². The van der Waals surface area contributed by atoms with Gasteiger partial charge in [0.1, 0.15) is 50.3 Å². The van der Waals surface area contributed by atoms with Crippen molar-refractivity contribution >= 4 is 169 Å². The molecule has 1 aliphatic carbocycles. The van der Waals surface area contributed by atoms with Gasteiger partial charge in [-0.05, 0) is 0 Å². The Hall–Kier alpha value is 3.20. The average molecular weight is 960 g/mol. The predicted octanol–water partition coefficient (Wildman–Crippen LogP) is 5.62. The third-order valence-corrected chi connectivity index (χ3v) is 8.75. The van der Waals surface area contributed by atoms with Gasteiger partial charge in [0.25, 0.3) is 3.79 Å². The maximum absolute atomic E-state index is 12.8. The summed E-state index contributed by atoms with van der Waals surface area (Å²) in [5, 5.41) is 21.6. The van der Waals surface area contributed by atoms with Crippen molar-refractivity contribution in [3.63, 3.8) is 0 Å². The maximum Gasteiger partial charge on any atom is 0.472 e. The zero-order valence-corrected chi connectivity index (χ0v) is 32.4. The van der Waals surface area contributed by atoms with Crippen molar-refractivity contribution in [3.05, 3.63) is 0 Å². The number of hydrogen-bond donors (Lipinski definition) is 5. The van der Waals surface area contributed by atoms with Gasteiger partial charge in [0.15, 0.2) is 6.10 Å². The summed E-state index contributed by atoms with van der Waals surface area (Å²) < 4.78 is 61.1. The van der Waals surface area contributed by atoms with E-state index in [-0.39, 0.29) is 0 Å². The fourth-order valence-electron chi connectivity index (χ4n) is 2.86. The number of esters is 1. The molecule has 5 N–H and O–H groups in total. The molecule has 0 radical (unpaired) electrons. The van der Waals surface area contributed by atoms with Crippen molar-refractivity contribution in [3.8, 4) is 0 Å². The smallest absolute Gasteiger partial charge is 0.453 e. The Balaban J connectivity index is 3.78. The number of carbonyl (C=O) groups is 1. The number of carbonyl (C=O) groups excluding carboxylic acids is 1. The van der Waals surface area contributed by atoms with Gasteiger partial charge in [-0.2, -0.15) is 0 Å². The first-order chi connectivity index (χ1) is 19.7. The molecule has 1 fully saturated rings. The van der Waals surface area contributed by atoms with Crippen molar-refractivity contribution in [1.29, 1.82) is 0 Å². The molecule has 0 saturated heterocycles. The third-order valence-electron chi connectivity index (χ3n) is 4.41. The van der Waals surface area contributed by atoms with E-state index in [0.29, 0.717) is 0 Å². The topological polar surface area (TPSA) is 234 Å². The van der Waals surface area contributed by atoms with Crippen LogP contribution in [-0.4, -0.2) is 102 Å². The minimum Gasteiger partial charge on any atom is -0.453 e. The molecular weight excluding hydrogens is 942 g/mol. The van der Waals surface area contributed by atoms with Crippen LogP contribution in [0.15, 0.2) is 0 Å². The van der Waals surface area contributed by atoms with Gasteiger partial charge in [-0.3, -0.25) is 27.1 Å². The van der Waals surface area contributed by atoms with E-state index >= 15 is 0 Å². The lowest BCUT2D eigenvalue weighted by molar-refractivity contribution is -0.225. The van der Waals surface area contributed by atoms with Crippen LogP contribution in [-0.2, 0) is 50.4 Å². The van der Waals surface area contributed by atoms with Crippen molar-refractivity contribution in [2.45, 2.75) is 51.8 Å². The Morgan fingerprint density at radius 3 is 1.09 bits per heavy atom. The molecule has 3 unspecified atom stereocenters. The molecule has 0 spiro atoms. The molecule has 0 aromatic heterocycles. The second kappa shape index (κ2) is 17.4. The molecule has 268 valence electrons. The van der Waals surface area contributed by atoms with E-state index in [1.165, 1.54) is 0 Å². The monoisotopic (exact) mass is 954 g/mol. The van der Waals surface area contributed by atoms with E-state index in [9.17, 15) is 43.4 Å². The Kier molecular flexibility index (Phi) is 17.8. The second-order valence-electron chi connectivity index (χ2n) is 8.13. The molecule has 9 atom stereocenters. The Labute approximate surface area is 313 Å². The van der Waals surface area contributed by atoms with E-state index in [1.54, 1.807) is 0 Å². The van der Waals surface area contributed by atoms with Gasteiger partial charge in [-0.15, -0.1) is 0 Å². The lowest BCUT2D eigenvalue weighted by Crippen LogP contribution is -2.66. The average Bonchev–Trinajstić information content (AvgIpc) is 2.81. The number of rotatable bonds is 13. The molecule has 1 saturated carbocycles. The van der Waals surface area contributed by atoms with Crippen LogP contribution in [0.2, 0.25) is 0 Å². The molecule has 0 aromatic carbocycles. The fraction of sp³-hybridized carbons (Fsp3) is 0.929. The highest BCUT2D eigenvalue weighted by Crippen LogP contribution is 2.56. The summed E-state index contributed by atoms with van der Waals surface area (Å²) in [7, 11) is -16.9. The summed E-state index contributed by atoms with van der Waals surface area (Å²) >= 11 is 65.7. The van der Waals surface area contributed by atoms with E-state index in [2.05, 4.69) is 13.6 Å². The number of phosphoric acid groups is 3. The summed E-state index contributed by atoms with van der Waals surface area (Å²) in [6.45, 7) is -3.54. The van der Waals surface area contributed by atoms with E-state index in [4.69, 9.17) is 158 Å². The van der Waals surface area contributed by atoms with Crippen molar-refractivity contribution < 1.29 is 75.3 Å².